The van der Waals surface area contributed by atoms with E-state index in [9.17, 15) is 4.79 Å². The number of H-pyrrole nitrogens is 1. The van der Waals surface area contributed by atoms with Crippen LogP contribution in [0.2, 0.25) is 0 Å². The molecule has 2 fully saturated rings. The van der Waals surface area contributed by atoms with Gasteiger partial charge in [0.2, 0.25) is 0 Å². The van der Waals surface area contributed by atoms with Gasteiger partial charge in [0.25, 0.3) is 5.56 Å². The fourth-order valence-corrected chi connectivity index (χ4v) is 5.05. The normalized spacial score (nSPS) is 17.2. The van der Waals surface area contributed by atoms with Crippen LogP contribution in [0.15, 0.2) is 47.4 Å². The molecule has 2 aromatic carbocycles. The van der Waals surface area contributed by atoms with Gasteiger partial charge >= 0.3 is 0 Å². The molecular formula is C25H27N5O3. The predicted octanol–water partition coefficient (Wildman–Crippen LogP) is 2.80. The van der Waals surface area contributed by atoms with E-state index in [0.717, 1.165) is 67.4 Å². The number of ether oxygens (including phenoxy) is 2. The molecule has 33 heavy (non-hydrogen) atoms. The lowest BCUT2D eigenvalue weighted by atomic mass is 9.99. The molecule has 1 N–H and O–H groups in total. The summed E-state index contributed by atoms with van der Waals surface area (Å²) in [6.45, 7) is 8.36. The number of nitrogens with one attached hydrogen (secondary N) is 1. The first-order valence-electron chi connectivity index (χ1n) is 11.5. The number of hydrogen-bond acceptors (Lipinski definition) is 6. The van der Waals surface area contributed by atoms with Gasteiger partial charge in [-0.1, -0.05) is 18.2 Å². The molecule has 0 aromatic heterocycles. The Kier molecular flexibility index (Phi) is 5.04. The highest BCUT2D eigenvalue weighted by molar-refractivity contribution is 6.06. The first-order chi connectivity index (χ1) is 16.2. The number of nitrogens with zero attached hydrogens (tertiary/aromatic N) is 4. The lowest BCUT2D eigenvalue weighted by molar-refractivity contribution is 0.122. The summed E-state index contributed by atoms with van der Waals surface area (Å²) >= 11 is 0. The SMILES string of the molecule is Cc1c(N2CCOCC2)cc2[nH]cc3c(=O)n(-c4ccccc4)nc-3c2c1N1CCOCC1. The van der Waals surface area contributed by atoms with E-state index in [2.05, 4.69) is 27.8 Å². The molecule has 0 spiro atoms. The van der Waals surface area contributed by atoms with Crippen molar-refractivity contribution < 1.29 is 9.47 Å². The van der Waals surface area contributed by atoms with E-state index in [1.54, 1.807) is 6.20 Å². The smallest absolute Gasteiger partial charge is 0.282 e. The fraction of sp³-hybridized carbons (Fsp3) is 0.360. The molecule has 6 rings (SSSR count). The number of anilines is 2. The second-order valence-corrected chi connectivity index (χ2v) is 8.59. The second kappa shape index (κ2) is 8.20. The van der Waals surface area contributed by atoms with Crippen LogP contribution < -0.4 is 15.4 Å². The van der Waals surface area contributed by atoms with Crippen LogP contribution in [0.25, 0.3) is 27.8 Å². The lowest BCUT2D eigenvalue weighted by Gasteiger charge is -2.35. The molecule has 0 bridgehead atoms. The van der Waals surface area contributed by atoms with Gasteiger partial charge in [0.1, 0.15) is 5.69 Å². The maximum atomic E-state index is 13.3. The molecule has 4 aliphatic heterocycles. The van der Waals surface area contributed by atoms with Gasteiger partial charge in [0.05, 0.1) is 54.3 Å². The van der Waals surface area contributed by atoms with Gasteiger partial charge in [-0.2, -0.15) is 9.78 Å². The number of rotatable bonds is 3. The summed E-state index contributed by atoms with van der Waals surface area (Å²) in [7, 11) is 0. The highest BCUT2D eigenvalue weighted by atomic mass is 16.5. The third kappa shape index (κ3) is 3.37. The van der Waals surface area contributed by atoms with Crippen molar-refractivity contribution in [3.63, 3.8) is 0 Å². The maximum absolute atomic E-state index is 13.3. The Labute approximate surface area is 191 Å². The lowest BCUT2D eigenvalue weighted by Crippen LogP contribution is -2.39. The van der Waals surface area contributed by atoms with Crippen LogP contribution in [0.4, 0.5) is 11.4 Å². The van der Waals surface area contributed by atoms with E-state index in [1.807, 2.05) is 30.3 Å². The molecule has 0 atom stereocenters. The van der Waals surface area contributed by atoms with Gasteiger partial charge in [-0.3, -0.25) is 4.79 Å². The minimum absolute atomic E-state index is 0.114. The third-order valence-electron chi connectivity index (χ3n) is 6.69. The maximum Gasteiger partial charge on any atom is 0.282 e. The van der Waals surface area contributed by atoms with Crippen molar-refractivity contribution in [1.29, 1.82) is 0 Å². The molecule has 170 valence electrons. The summed E-state index contributed by atoms with van der Waals surface area (Å²) in [5, 5.41) is 5.84. The van der Waals surface area contributed by atoms with Gasteiger partial charge < -0.3 is 24.3 Å². The van der Waals surface area contributed by atoms with Crippen molar-refractivity contribution >= 4 is 22.3 Å². The van der Waals surface area contributed by atoms with Crippen molar-refractivity contribution in [2.45, 2.75) is 6.92 Å². The Morgan fingerprint density at radius 1 is 0.939 bits per heavy atom. The van der Waals surface area contributed by atoms with Crippen LogP contribution in [-0.4, -0.2) is 67.4 Å². The number of morpholine rings is 2. The van der Waals surface area contributed by atoms with E-state index in [4.69, 9.17) is 14.6 Å². The van der Waals surface area contributed by atoms with E-state index < -0.39 is 0 Å². The van der Waals surface area contributed by atoms with Gasteiger partial charge in [-0.25, -0.2) is 0 Å². The number of para-hydroxylation sites is 1. The average molecular weight is 446 g/mol. The van der Waals surface area contributed by atoms with Crippen LogP contribution >= 0.6 is 0 Å². The van der Waals surface area contributed by atoms with Crippen molar-refractivity contribution in [2.75, 3.05) is 62.4 Å². The number of aromatic amines is 1. The highest BCUT2D eigenvalue weighted by Gasteiger charge is 2.27. The van der Waals surface area contributed by atoms with E-state index in [0.29, 0.717) is 18.8 Å². The van der Waals surface area contributed by atoms with Crippen molar-refractivity contribution in [1.82, 2.24) is 14.8 Å². The first-order valence-corrected chi connectivity index (χ1v) is 11.5. The summed E-state index contributed by atoms with van der Waals surface area (Å²) in [6.07, 6.45) is 1.80. The molecule has 8 nitrogen and oxygen atoms in total. The monoisotopic (exact) mass is 445 g/mol. The Morgan fingerprint density at radius 2 is 1.61 bits per heavy atom. The van der Waals surface area contributed by atoms with Crippen molar-refractivity contribution in [3.05, 3.63) is 58.5 Å². The van der Waals surface area contributed by atoms with Crippen LogP contribution in [0.5, 0.6) is 0 Å². The number of pyridine rings is 1. The molecule has 2 saturated heterocycles. The van der Waals surface area contributed by atoms with E-state index >= 15 is 0 Å². The summed E-state index contributed by atoms with van der Waals surface area (Å²) < 4.78 is 12.7. The quantitative estimate of drug-likeness (QED) is 0.523. The minimum Gasteiger partial charge on any atom is -0.378 e. The Balaban J connectivity index is 1.63. The number of fused-ring (bicyclic) bond motifs is 3. The van der Waals surface area contributed by atoms with Crippen molar-refractivity contribution in [3.8, 4) is 16.9 Å². The van der Waals surface area contributed by atoms with Crippen LogP contribution in [0.3, 0.4) is 0 Å². The molecule has 0 unspecified atom stereocenters. The molecule has 0 aliphatic carbocycles. The van der Waals surface area contributed by atoms with Crippen LogP contribution in [-0.2, 0) is 9.47 Å². The average Bonchev–Trinajstić information content (AvgIpc) is 3.22. The largest absolute Gasteiger partial charge is 0.378 e. The zero-order valence-electron chi connectivity index (χ0n) is 18.7. The molecular weight excluding hydrogens is 418 g/mol. The molecule has 0 saturated carbocycles. The first kappa shape index (κ1) is 20.3. The summed E-state index contributed by atoms with van der Waals surface area (Å²) in [6, 6.07) is 11.8. The summed E-state index contributed by atoms with van der Waals surface area (Å²) in [4.78, 5) is 21.5. The Morgan fingerprint density at radius 3 is 2.30 bits per heavy atom. The molecule has 0 amide bonds. The summed E-state index contributed by atoms with van der Waals surface area (Å²) in [5.41, 5.74) is 6.50. The predicted molar refractivity (Wildman–Crippen MR) is 129 cm³/mol. The zero-order chi connectivity index (χ0) is 22.4. The fourth-order valence-electron chi connectivity index (χ4n) is 5.05. The van der Waals surface area contributed by atoms with Crippen LogP contribution in [0, 0.1) is 6.92 Å². The van der Waals surface area contributed by atoms with Gasteiger partial charge in [-0.15, -0.1) is 0 Å². The number of benzene rings is 2. The van der Waals surface area contributed by atoms with Gasteiger partial charge in [-0.05, 0) is 30.7 Å². The topological polar surface area (TPSA) is 75.6 Å². The van der Waals surface area contributed by atoms with E-state index in [-0.39, 0.29) is 5.56 Å². The van der Waals surface area contributed by atoms with Crippen LogP contribution in [0.1, 0.15) is 5.56 Å². The standard InChI is InChI=1S/C25H27N5O3/c1-17-21(28-7-11-32-12-8-28)15-20-22(24(17)29-9-13-33-14-10-29)23-19(16-26-20)25(31)30(27-23)18-5-3-2-4-6-18/h2-6,15-16,26H,7-14H2,1H3. The Bertz CT molecular complexity index is 1320. The minimum atomic E-state index is -0.114. The summed E-state index contributed by atoms with van der Waals surface area (Å²) in [5.74, 6) is 0. The molecule has 2 aromatic rings. The third-order valence-corrected chi connectivity index (χ3v) is 6.69. The number of aromatic nitrogens is 3. The van der Waals surface area contributed by atoms with Gasteiger partial charge in [0.15, 0.2) is 0 Å². The highest BCUT2D eigenvalue weighted by Crippen LogP contribution is 2.41. The second-order valence-electron chi connectivity index (χ2n) is 8.59. The molecule has 8 heteroatoms. The van der Waals surface area contributed by atoms with Gasteiger partial charge in [0, 0.05) is 38.1 Å². The zero-order valence-corrected chi connectivity index (χ0v) is 18.7. The Hall–Kier alpha value is -3.36. The van der Waals surface area contributed by atoms with E-state index in [1.165, 1.54) is 15.9 Å². The molecule has 4 aliphatic rings. The van der Waals surface area contributed by atoms with Crippen molar-refractivity contribution in [2.24, 2.45) is 0 Å². The molecule has 4 heterocycles. The molecule has 0 radical (unpaired) electrons. The number of hydrogen-bond donors (Lipinski definition) is 1.